The van der Waals surface area contributed by atoms with Crippen LogP contribution in [0.5, 0.6) is 0 Å². The predicted molar refractivity (Wildman–Crippen MR) is 58.7 cm³/mol. The van der Waals surface area contributed by atoms with E-state index in [0.717, 1.165) is 11.4 Å². The minimum absolute atomic E-state index is 0.220. The Morgan fingerprint density at radius 3 is 3.00 bits per heavy atom. The molecule has 0 bridgehead atoms. The second-order valence-electron chi connectivity index (χ2n) is 3.17. The summed E-state index contributed by atoms with van der Waals surface area (Å²) in [6.07, 6.45) is 3.21. The highest BCUT2D eigenvalue weighted by atomic mass is 16.4. The van der Waals surface area contributed by atoms with Crippen LogP contribution in [0.4, 0.5) is 5.82 Å². The molecule has 0 aliphatic carbocycles. The number of hydrogen-bond acceptors (Lipinski definition) is 4. The van der Waals surface area contributed by atoms with Gasteiger partial charge in [-0.05, 0) is 12.1 Å². The molecule has 1 heterocycles. The van der Waals surface area contributed by atoms with E-state index in [0.29, 0.717) is 0 Å². The molecule has 0 atom stereocenters. The smallest absolute Gasteiger partial charge is 0.325 e. The third-order valence-corrected chi connectivity index (χ3v) is 1.70. The van der Waals surface area contributed by atoms with Crippen molar-refractivity contribution in [3.63, 3.8) is 0 Å². The van der Waals surface area contributed by atoms with Crippen LogP contribution in [0, 0.1) is 0 Å². The van der Waals surface area contributed by atoms with E-state index in [4.69, 9.17) is 5.11 Å². The summed E-state index contributed by atoms with van der Waals surface area (Å²) in [6, 6.07) is 3.63. The lowest BCUT2D eigenvalue weighted by Crippen LogP contribution is -2.13. The lowest BCUT2D eigenvalue weighted by Gasteiger charge is -2.12. The van der Waals surface area contributed by atoms with Crippen LogP contribution < -0.4 is 4.90 Å². The summed E-state index contributed by atoms with van der Waals surface area (Å²) >= 11 is 0. The predicted octanol–water partition coefficient (Wildman–Crippen LogP) is 0.651. The third-order valence-electron chi connectivity index (χ3n) is 1.70. The van der Waals surface area contributed by atoms with Crippen LogP contribution >= 0.6 is 0 Å². The third kappa shape index (κ3) is 3.38. The Morgan fingerprint density at radius 2 is 2.40 bits per heavy atom. The fraction of sp³-hybridized carbons (Fsp3) is 0.300. The number of carboxylic acid groups (broad SMARTS) is 1. The molecule has 1 rings (SSSR count). The van der Waals surface area contributed by atoms with Gasteiger partial charge in [0.05, 0.1) is 0 Å². The minimum Gasteiger partial charge on any atom is -0.480 e. The van der Waals surface area contributed by atoms with Crippen LogP contribution in [0.25, 0.3) is 0 Å². The second-order valence-corrected chi connectivity index (χ2v) is 3.17. The van der Waals surface area contributed by atoms with Crippen molar-refractivity contribution in [2.75, 3.05) is 25.5 Å². The van der Waals surface area contributed by atoms with E-state index in [1.807, 2.05) is 25.1 Å². The number of rotatable bonds is 4. The Kier molecular flexibility index (Phi) is 3.79. The van der Waals surface area contributed by atoms with Gasteiger partial charge in [0, 0.05) is 32.1 Å². The van der Waals surface area contributed by atoms with Crippen molar-refractivity contribution in [1.82, 2.24) is 4.98 Å². The number of nitrogens with zero attached hydrogens (tertiary/aromatic N) is 3. The molecule has 0 amide bonds. The monoisotopic (exact) mass is 207 g/mol. The van der Waals surface area contributed by atoms with E-state index in [-0.39, 0.29) is 6.54 Å². The second kappa shape index (κ2) is 5.09. The van der Waals surface area contributed by atoms with Gasteiger partial charge in [-0.3, -0.25) is 9.79 Å². The molecule has 0 unspecified atom stereocenters. The van der Waals surface area contributed by atoms with Crippen molar-refractivity contribution >= 4 is 18.0 Å². The molecule has 0 radical (unpaired) electrons. The average Bonchev–Trinajstić information content (AvgIpc) is 2.17. The molecule has 5 heteroatoms. The SMILES string of the molecule is CN(C)c1ncccc1C=NCC(=O)O. The van der Waals surface area contributed by atoms with E-state index in [9.17, 15) is 4.79 Å². The molecule has 1 aromatic rings. The maximum Gasteiger partial charge on any atom is 0.325 e. The lowest BCUT2D eigenvalue weighted by molar-refractivity contribution is -0.135. The van der Waals surface area contributed by atoms with Gasteiger partial charge in [0.1, 0.15) is 12.4 Å². The number of aliphatic carboxylic acids is 1. The van der Waals surface area contributed by atoms with Crippen LogP contribution in [0.1, 0.15) is 5.56 Å². The molecule has 15 heavy (non-hydrogen) atoms. The first-order valence-corrected chi connectivity index (χ1v) is 4.45. The normalized spacial score (nSPS) is 10.5. The molecule has 1 N–H and O–H groups in total. The Morgan fingerprint density at radius 1 is 1.67 bits per heavy atom. The zero-order chi connectivity index (χ0) is 11.3. The summed E-state index contributed by atoms with van der Waals surface area (Å²) in [6.45, 7) is -0.220. The van der Waals surface area contributed by atoms with Crippen molar-refractivity contribution in [2.45, 2.75) is 0 Å². The van der Waals surface area contributed by atoms with Crippen LogP contribution in [0.15, 0.2) is 23.3 Å². The van der Waals surface area contributed by atoms with Crippen molar-refractivity contribution in [2.24, 2.45) is 4.99 Å². The standard InChI is InChI=1S/C10H13N3O2/c1-13(2)10-8(4-3-5-12-10)6-11-7-9(14)15/h3-6H,7H2,1-2H3,(H,14,15). The number of hydrogen-bond donors (Lipinski definition) is 1. The van der Waals surface area contributed by atoms with E-state index < -0.39 is 5.97 Å². The molecule has 5 nitrogen and oxygen atoms in total. The fourth-order valence-corrected chi connectivity index (χ4v) is 1.11. The molecule has 0 fully saturated rings. The van der Waals surface area contributed by atoms with Gasteiger partial charge in [-0.2, -0.15) is 0 Å². The van der Waals surface area contributed by atoms with Crippen LogP contribution in [-0.4, -0.2) is 42.9 Å². The molecular formula is C10H13N3O2. The molecule has 0 aliphatic heterocycles. The number of anilines is 1. The van der Waals surface area contributed by atoms with Gasteiger partial charge < -0.3 is 10.0 Å². The van der Waals surface area contributed by atoms with Crippen molar-refractivity contribution < 1.29 is 9.90 Å². The van der Waals surface area contributed by atoms with E-state index in [2.05, 4.69) is 9.98 Å². The van der Waals surface area contributed by atoms with Crippen molar-refractivity contribution in [3.05, 3.63) is 23.9 Å². The minimum atomic E-state index is -0.943. The Labute approximate surface area is 88.1 Å². The zero-order valence-corrected chi connectivity index (χ0v) is 8.71. The summed E-state index contributed by atoms with van der Waals surface area (Å²) in [4.78, 5) is 20.1. The van der Waals surface area contributed by atoms with Crippen molar-refractivity contribution in [1.29, 1.82) is 0 Å². The van der Waals surface area contributed by atoms with Gasteiger partial charge in [0.25, 0.3) is 0 Å². The van der Waals surface area contributed by atoms with Crippen molar-refractivity contribution in [3.8, 4) is 0 Å². The fourth-order valence-electron chi connectivity index (χ4n) is 1.11. The Bertz CT molecular complexity index is 375. The summed E-state index contributed by atoms with van der Waals surface area (Å²) in [5.41, 5.74) is 0.809. The maximum absolute atomic E-state index is 10.3. The molecule has 0 aromatic carbocycles. The largest absolute Gasteiger partial charge is 0.480 e. The first kappa shape index (κ1) is 11.2. The van der Waals surface area contributed by atoms with Crippen LogP contribution in [-0.2, 0) is 4.79 Å². The van der Waals surface area contributed by atoms with Gasteiger partial charge in [0.2, 0.25) is 0 Å². The average molecular weight is 207 g/mol. The molecular weight excluding hydrogens is 194 g/mol. The lowest BCUT2D eigenvalue weighted by atomic mass is 10.2. The quantitative estimate of drug-likeness (QED) is 0.736. The zero-order valence-electron chi connectivity index (χ0n) is 8.71. The molecule has 0 aliphatic rings. The molecule has 0 saturated carbocycles. The Balaban J connectivity index is 2.84. The van der Waals surface area contributed by atoms with Gasteiger partial charge in [0.15, 0.2) is 0 Å². The molecule has 1 aromatic heterocycles. The number of carboxylic acids is 1. The highest BCUT2D eigenvalue weighted by Crippen LogP contribution is 2.11. The van der Waals surface area contributed by atoms with E-state index in [1.165, 1.54) is 6.21 Å². The van der Waals surface area contributed by atoms with Gasteiger partial charge in [-0.1, -0.05) is 0 Å². The number of aliphatic imine (C=N–C) groups is 1. The summed E-state index contributed by atoms with van der Waals surface area (Å²) < 4.78 is 0. The van der Waals surface area contributed by atoms with E-state index >= 15 is 0 Å². The maximum atomic E-state index is 10.3. The molecule has 0 saturated heterocycles. The number of aromatic nitrogens is 1. The Hall–Kier alpha value is -1.91. The summed E-state index contributed by atoms with van der Waals surface area (Å²) in [5, 5.41) is 8.43. The van der Waals surface area contributed by atoms with Gasteiger partial charge in [-0.15, -0.1) is 0 Å². The topological polar surface area (TPSA) is 65.8 Å². The highest BCUT2D eigenvalue weighted by molar-refractivity contribution is 5.87. The molecule has 80 valence electrons. The number of pyridine rings is 1. The van der Waals surface area contributed by atoms with Gasteiger partial charge in [-0.25, -0.2) is 4.98 Å². The van der Waals surface area contributed by atoms with E-state index in [1.54, 1.807) is 12.3 Å². The first-order chi connectivity index (χ1) is 7.11. The van der Waals surface area contributed by atoms with Crippen LogP contribution in [0.2, 0.25) is 0 Å². The summed E-state index contributed by atoms with van der Waals surface area (Å²) in [7, 11) is 3.74. The molecule has 0 spiro atoms. The van der Waals surface area contributed by atoms with Gasteiger partial charge >= 0.3 is 5.97 Å². The number of carbonyl (C=O) groups is 1. The van der Waals surface area contributed by atoms with Crippen LogP contribution in [0.3, 0.4) is 0 Å². The first-order valence-electron chi connectivity index (χ1n) is 4.45. The highest BCUT2D eigenvalue weighted by Gasteiger charge is 2.02. The summed E-state index contributed by atoms with van der Waals surface area (Å²) in [5.74, 6) is -0.173.